The minimum atomic E-state index is -0.878. The molecular formula is C30H30N2O4S. The number of carboxylic acids is 1. The van der Waals surface area contributed by atoms with E-state index in [1.165, 1.54) is 22.2 Å². The Labute approximate surface area is 221 Å². The van der Waals surface area contributed by atoms with E-state index >= 15 is 0 Å². The molecule has 4 rings (SSSR count). The van der Waals surface area contributed by atoms with Crippen LogP contribution in [-0.4, -0.2) is 34.1 Å². The van der Waals surface area contributed by atoms with Crippen molar-refractivity contribution < 1.29 is 19.4 Å². The standard InChI is InChI=1S/C30H30N2O4S/c1-20(2)16-21-4-6-24(7-5-21)19-36-26-14-10-22(11-15-26)17-27-29(35)32(3)30(37-27)31-25-12-8-23(9-13-25)18-28(33)34/h4-15,17,20H,16,18-19H2,1-3H3,(H,33,34)/b27-17-,31-30?. The van der Waals surface area contributed by atoms with Gasteiger partial charge in [-0.15, -0.1) is 0 Å². The summed E-state index contributed by atoms with van der Waals surface area (Å²) >= 11 is 1.31. The molecule has 0 bridgehead atoms. The maximum absolute atomic E-state index is 12.8. The highest BCUT2D eigenvalue weighted by Gasteiger charge is 2.30. The SMILES string of the molecule is CC(C)Cc1ccc(COc2ccc(/C=C3\SC(=Nc4ccc(CC(=O)O)cc4)N(C)C3=O)cc2)cc1. The first-order chi connectivity index (χ1) is 17.8. The molecule has 0 unspecified atom stereocenters. The molecule has 1 N–H and O–H groups in total. The molecule has 0 radical (unpaired) electrons. The van der Waals surface area contributed by atoms with Crippen LogP contribution in [0.4, 0.5) is 5.69 Å². The summed E-state index contributed by atoms with van der Waals surface area (Å²) in [6.07, 6.45) is 2.88. The van der Waals surface area contributed by atoms with E-state index in [9.17, 15) is 9.59 Å². The van der Waals surface area contributed by atoms with E-state index in [0.29, 0.717) is 33.8 Å². The zero-order valence-corrected chi connectivity index (χ0v) is 22.0. The zero-order chi connectivity index (χ0) is 26.4. The molecule has 0 spiro atoms. The van der Waals surface area contributed by atoms with E-state index in [-0.39, 0.29) is 12.3 Å². The van der Waals surface area contributed by atoms with Gasteiger partial charge >= 0.3 is 5.97 Å². The maximum Gasteiger partial charge on any atom is 0.307 e. The van der Waals surface area contributed by atoms with E-state index in [0.717, 1.165) is 23.3 Å². The van der Waals surface area contributed by atoms with Gasteiger partial charge in [-0.2, -0.15) is 0 Å². The van der Waals surface area contributed by atoms with Crippen LogP contribution >= 0.6 is 11.8 Å². The topological polar surface area (TPSA) is 79.2 Å². The number of carbonyl (C=O) groups is 2. The van der Waals surface area contributed by atoms with Gasteiger partial charge in [0.25, 0.3) is 5.91 Å². The third kappa shape index (κ3) is 7.33. The fourth-order valence-corrected chi connectivity index (χ4v) is 4.83. The average molecular weight is 515 g/mol. The van der Waals surface area contributed by atoms with Crippen LogP contribution in [0.15, 0.2) is 82.7 Å². The lowest BCUT2D eigenvalue weighted by molar-refractivity contribution is -0.136. The van der Waals surface area contributed by atoms with Gasteiger partial charge in [-0.25, -0.2) is 4.99 Å². The molecule has 7 heteroatoms. The third-order valence-corrected chi connectivity index (χ3v) is 6.83. The average Bonchev–Trinajstić information content (AvgIpc) is 3.12. The van der Waals surface area contributed by atoms with Crippen molar-refractivity contribution in [1.29, 1.82) is 0 Å². The Bertz CT molecular complexity index is 1310. The first kappa shape index (κ1) is 26.2. The molecule has 1 heterocycles. The fraction of sp³-hybridized carbons (Fsp3) is 0.233. The summed E-state index contributed by atoms with van der Waals surface area (Å²) < 4.78 is 5.94. The van der Waals surface area contributed by atoms with Gasteiger partial charge in [0.1, 0.15) is 12.4 Å². The molecule has 1 aliphatic heterocycles. The lowest BCUT2D eigenvalue weighted by Gasteiger charge is -2.09. The predicted molar refractivity (Wildman–Crippen MR) is 149 cm³/mol. The van der Waals surface area contributed by atoms with E-state index < -0.39 is 5.97 Å². The summed E-state index contributed by atoms with van der Waals surface area (Å²) in [7, 11) is 1.69. The monoisotopic (exact) mass is 514 g/mol. The second-order valence-corrected chi connectivity index (χ2v) is 10.4. The van der Waals surface area contributed by atoms with Crippen molar-refractivity contribution in [1.82, 2.24) is 4.90 Å². The molecule has 1 aliphatic rings. The van der Waals surface area contributed by atoms with Gasteiger partial charge in [-0.05, 0) is 76.7 Å². The number of hydrogen-bond acceptors (Lipinski definition) is 5. The molecular weight excluding hydrogens is 484 g/mol. The molecule has 190 valence electrons. The number of ether oxygens (including phenoxy) is 1. The molecule has 0 aliphatic carbocycles. The lowest BCUT2D eigenvalue weighted by Crippen LogP contribution is -2.23. The van der Waals surface area contributed by atoms with Crippen molar-refractivity contribution in [2.45, 2.75) is 33.3 Å². The van der Waals surface area contributed by atoms with Gasteiger partial charge in [0.2, 0.25) is 0 Å². The van der Waals surface area contributed by atoms with Gasteiger partial charge in [0.05, 0.1) is 17.0 Å². The van der Waals surface area contributed by atoms with Crippen LogP contribution in [-0.2, 0) is 29.0 Å². The van der Waals surface area contributed by atoms with Gasteiger partial charge in [0.15, 0.2) is 5.17 Å². The number of thioether (sulfide) groups is 1. The van der Waals surface area contributed by atoms with E-state index in [1.54, 1.807) is 31.3 Å². The Morgan fingerprint density at radius 1 is 0.973 bits per heavy atom. The molecule has 3 aromatic carbocycles. The highest BCUT2D eigenvalue weighted by molar-refractivity contribution is 8.18. The quantitative estimate of drug-likeness (QED) is 0.338. The van der Waals surface area contributed by atoms with Crippen molar-refractivity contribution in [3.8, 4) is 5.75 Å². The van der Waals surface area contributed by atoms with Crippen LogP contribution in [0.3, 0.4) is 0 Å². The number of amides is 1. The summed E-state index contributed by atoms with van der Waals surface area (Å²) in [6, 6.07) is 23.2. The van der Waals surface area contributed by atoms with Crippen LogP contribution in [0.25, 0.3) is 6.08 Å². The van der Waals surface area contributed by atoms with Gasteiger partial charge in [0, 0.05) is 7.05 Å². The smallest absolute Gasteiger partial charge is 0.307 e. The van der Waals surface area contributed by atoms with Gasteiger partial charge in [-0.1, -0.05) is 62.4 Å². The molecule has 1 saturated heterocycles. The number of aliphatic imine (C=N–C) groups is 1. The number of likely N-dealkylation sites (N-methyl/N-ethyl adjacent to an activating group) is 1. The summed E-state index contributed by atoms with van der Waals surface area (Å²) in [5.41, 5.74) is 4.72. The second kappa shape index (κ2) is 11.9. The first-order valence-electron chi connectivity index (χ1n) is 12.1. The van der Waals surface area contributed by atoms with E-state index in [2.05, 4.69) is 43.1 Å². The Kier molecular flexibility index (Phi) is 8.46. The zero-order valence-electron chi connectivity index (χ0n) is 21.2. The molecule has 6 nitrogen and oxygen atoms in total. The Balaban J connectivity index is 1.37. The van der Waals surface area contributed by atoms with E-state index in [4.69, 9.17) is 9.84 Å². The highest BCUT2D eigenvalue weighted by atomic mass is 32.2. The number of carboxylic acid groups (broad SMARTS) is 1. The van der Waals surface area contributed by atoms with Crippen LogP contribution in [0.5, 0.6) is 5.75 Å². The maximum atomic E-state index is 12.8. The molecule has 1 amide bonds. The van der Waals surface area contributed by atoms with Crippen LogP contribution < -0.4 is 4.74 Å². The third-order valence-electron chi connectivity index (χ3n) is 5.77. The van der Waals surface area contributed by atoms with Crippen molar-refractivity contribution >= 4 is 40.6 Å². The first-order valence-corrected chi connectivity index (χ1v) is 13.0. The van der Waals surface area contributed by atoms with E-state index in [1.807, 2.05) is 30.3 Å². The summed E-state index contributed by atoms with van der Waals surface area (Å²) in [4.78, 5) is 30.3. The lowest BCUT2D eigenvalue weighted by atomic mass is 10.0. The van der Waals surface area contributed by atoms with Crippen LogP contribution in [0, 0.1) is 5.92 Å². The summed E-state index contributed by atoms with van der Waals surface area (Å²) in [5.74, 6) is 0.408. The molecule has 37 heavy (non-hydrogen) atoms. The molecule has 3 aromatic rings. The number of rotatable bonds is 9. The van der Waals surface area contributed by atoms with Crippen molar-refractivity contribution in [2.24, 2.45) is 10.9 Å². The minimum Gasteiger partial charge on any atom is -0.489 e. The Morgan fingerprint density at radius 3 is 2.22 bits per heavy atom. The Morgan fingerprint density at radius 2 is 1.59 bits per heavy atom. The largest absolute Gasteiger partial charge is 0.489 e. The van der Waals surface area contributed by atoms with Crippen LogP contribution in [0.2, 0.25) is 0 Å². The number of benzene rings is 3. The molecule has 0 aromatic heterocycles. The minimum absolute atomic E-state index is 0.0355. The normalized spacial score (nSPS) is 15.7. The van der Waals surface area contributed by atoms with Crippen molar-refractivity contribution in [3.63, 3.8) is 0 Å². The molecule has 0 saturated carbocycles. The fourth-order valence-electron chi connectivity index (χ4n) is 3.85. The number of amidine groups is 1. The van der Waals surface area contributed by atoms with Crippen molar-refractivity contribution in [2.75, 3.05) is 7.05 Å². The Hall–Kier alpha value is -3.84. The van der Waals surface area contributed by atoms with Crippen LogP contribution in [0.1, 0.15) is 36.1 Å². The highest BCUT2D eigenvalue weighted by Crippen LogP contribution is 2.33. The summed E-state index contributed by atoms with van der Waals surface area (Å²) in [5, 5.41) is 9.48. The number of aliphatic carboxylic acids is 1. The predicted octanol–water partition coefficient (Wildman–Crippen LogP) is 6.33. The molecule has 1 fully saturated rings. The number of carbonyl (C=O) groups excluding carboxylic acids is 1. The summed E-state index contributed by atoms with van der Waals surface area (Å²) in [6.45, 7) is 4.93. The van der Waals surface area contributed by atoms with Gasteiger partial charge < -0.3 is 9.84 Å². The molecule has 0 atom stereocenters. The number of hydrogen-bond donors (Lipinski definition) is 1. The van der Waals surface area contributed by atoms with Gasteiger partial charge in [-0.3, -0.25) is 14.5 Å². The number of nitrogens with zero attached hydrogens (tertiary/aromatic N) is 2. The second-order valence-electron chi connectivity index (χ2n) is 9.38. The van der Waals surface area contributed by atoms with Crippen molar-refractivity contribution in [3.05, 3.63) is 100.0 Å².